The normalized spacial score (nSPS) is 16.5. The first-order valence-electron chi connectivity index (χ1n) is 8.11. The fourth-order valence-electron chi connectivity index (χ4n) is 3.06. The number of hydrogen-bond acceptors (Lipinski definition) is 3. The number of nitrogens with zero attached hydrogens (tertiary/aromatic N) is 2. The predicted octanol–water partition coefficient (Wildman–Crippen LogP) is 2.04. The van der Waals surface area contributed by atoms with Gasteiger partial charge in [-0.25, -0.2) is 4.68 Å². The summed E-state index contributed by atoms with van der Waals surface area (Å²) < 4.78 is 1.36. The molecule has 0 saturated carbocycles. The second-order valence-electron chi connectivity index (χ2n) is 6.22. The van der Waals surface area contributed by atoms with Crippen molar-refractivity contribution >= 4 is 17.5 Å². The molecule has 1 aliphatic carbocycles. The monoisotopic (exact) mass is 345 g/mol. The highest BCUT2D eigenvalue weighted by Gasteiger charge is 2.22. The van der Waals surface area contributed by atoms with Gasteiger partial charge in [-0.2, -0.15) is 5.10 Å². The number of hydrogen-bond donors (Lipinski definition) is 1. The molecule has 5 nitrogen and oxygen atoms in total. The molecule has 1 N–H and O–H groups in total. The zero-order valence-electron chi connectivity index (χ0n) is 13.6. The van der Waals surface area contributed by atoms with Gasteiger partial charge in [-0.15, -0.1) is 0 Å². The Morgan fingerprint density at radius 3 is 3.04 bits per heavy atom. The Hall–Kier alpha value is -2.14. The SMILES string of the molecule is Cn1nc2c(cc1=O)C[C@H](NC(=O)CCc1cccc(Cl)c1)CC2. The summed E-state index contributed by atoms with van der Waals surface area (Å²) in [7, 11) is 1.66. The quantitative estimate of drug-likeness (QED) is 0.922. The van der Waals surface area contributed by atoms with Crippen molar-refractivity contribution in [3.05, 3.63) is 62.5 Å². The van der Waals surface area contributed by atoms with Crippen LogP contribution in [0.4, 0.5) is 0 Å². The maximum Gasteiger partial charge on any atom is 0.266 e. The minimum absolute atomic E-state index is 0.0280. The number of rotatable bonds is 4. The van der Waals surface area contributed by atoms with Crippen molar-refractivity contribution in [3.63, 3.8) is 0 Å². The number of carbonyl (C=O) groups excluding carboxylic acids is 1. The Labute approximate surface area is 145 Å². The predicted molar refractivity (Wildman–Crippen MR) is 93.2 cm³/mol. The lowest BCUT2D eigenvalue weighted by Crippen LogP contribution is -2.40. The lowest BCUT2D eigenvalue weighted by molar-refractivity contribution is -0.121. The highest BCUT2D eigenvalue weighted by molar-refractivity contribution is 6.30. The Morgan fingerprint density at radius 2 is 2.25 bits per heavy atom. The maximum absolute atomic E-state index is 12.2. The molecular formula is C18H20ClN3O2. The number of carbonyl (C=O) groups is 1. The number of aromatic nitrogens is 2. The zero-order chi connectivity index (χ0) is 17.1. The van der Waals surface area contributed by atoms with Gasteiger partial charge in [-0.3, -0.25) is 9.59 Å². The molecule has 6 heteroatoms. The number of amides is 1. The van der Waals surface area contributed by atoms with E-state index in [9.17, 15) is 9.59 Å². The Morgan fingerprint density at radius 1 is 1.42 bits per heavy atom. The molecule has 1 aromatic carbocycles. The third-order valence-corrected chi connectivity index (χ3v) is 4.58. The van der Waals surface area contributed by atoms with E-state index in [-0.39, 0.29) is 17.5 Å². The van der Waals surface area contributed by atoms with Gasteiger partial charge in [0.2, 0.25) is 5.91 Å². The van der Waals surface area contributed by atoms with E-state index >= 15 is 0 Å². The first-order valence-corrected chi connectivity index (χ1v) is 8.49. The summed E-state index contributed by atoms with van der Waals surface area (Å²) >= 11 is 5.95. The van der Waals surface area contributed by atoms with Gasteiger partial charge < -0.3 is 5.32 Å². The molecule has 0 radical (unpaired) electrons. The van der Waals surface area contributed by atoms with Crippen molar-refractivity contribution in [3.8, 4) is 0 Å². The summed E-state index contributed by atoms with van der Waals surface area (Å²) in [6.07, 6.45) is 3.39. The molecule has 1 aliphatic rings. The molecule has 1 atom stereocenters. The Kier molecular flexibility index (Phi) is 5.00. The smallest absolute Gasteiger partial charge is 0.266 e. The summed E-state index contributed by atoms with van der Waals surface area (Å²) in [5, 5.41) is 8.05. The maximum atomic E-state index is 12.2. The fourth-order valence-corrected chi connectivity index (χ4v) is 3.27. The van der Waals surface area contributed by atoms with Gasteiger partial charge in [0.05, 0.1) is 5.69 Å². The van der Waals surface area contributed by atoms with Gasteiger partial charge in [0.25, 0.3) is 5.56 Å². The second kappa shape index (κ2) is 7.18. The van der Waals surface area contributed by atoms with Gasteiger partial charge in [-0.1, -0.05) is 23.7 Å². The van der Waals surface area contributed by atoms with Crippen LogP contribution in [0.15, 0.2) is 35.1 Å². The van der Waals surface area contributed by atoms with Gasteiger partial charge in [-0.05, 0) is 48.9 Å². The Bertz CT molecular complexity index is 816. The third-order valence-electron chi connectivity index (χ3n) is 4.35. The number of benzene rings is 1. The summed E-state index contributed by atoms with van der Waals surface area (Å²) in [6, 6.07) is 9.26. The first kappa shape index (κ1) is 16.7. The number of halogens is 1. The van der Waals surface area contributed by atoms with E-state index in [1.807, 2.05) is 24.3 Å². The van der Waals surface area contributed by atoms with Crippen molar-refractivity contribution in [1.82, 2.24) is 15.1 Å². The molecule has 126 valence electrons. The molecule has 0 saturated heterocycles. The van der Waals surface area contributed by atoms with Gasteiger partial charge in [0.15, 0.2) is 0 Å². The minimum Gasteiger partial charge on any atom is -0.353 e. The summed E-state index contributed by atoms with van der Waals surface area (Å²) in [4.78, 5) is 23.9. The molecule has 0 spiro atoms. The first-order chi connectivity index (χ1) is 11.5. The van der Waals surface area contributed by atoms with E-state index in [1.165, 1.54) is 4.68 Å². The van der Waals surface area contributed by atoms with E-state index in [1.54, 1.807) is 13.1 Å². The average molecular weight is 346 g/mol. The molecule has 0 bridgehead atoms. The lowest BCUT2D eigenvalue weighted by Gasteiger charge is -2.24. The number of aryl methyl sites for hydroxylation is 3. The highest BCUT2D eigenvalue weighted by Crippen LogP contribution is 2.18. The summed E-state index contributed by atoms with van der Waals surface area (Å²) in [5.74, 6) is 0.0280. The largest absolute Gasteiger partial charge is 0.353 e. The topological polar surface area (TPSA) is 64.0 Å². The van der Waals surface area contributed by atoms with E-state index in [0.29, 0.717) is 24.3 Å². The van der Waals surface area contributed by atoms with Crippen LogP contribution in [0.2, 0.25) is 5.02 Å². The highest BCUT2D eigenvalue weighted by atomic mass is 35.5. The van der Waals surface area contributed by atoms with Crippen LogP contribution in [0, 0.1) is 0 Å². The average Bonchev–Trinajstić information content (AvgIpc) is 2.54. The molecule has 0 fully saturated rings. The third kappa shape index (κ3) is 4.03. The zero-order valence-corrected chi connectivity index (χ0v) is 14.3. The van der Waals surface area contributed by atoms with Crippen LogP contribution >= 0.6 is 11.6 Å². The minimum atomic E-state index is -0.110. The second-order valence-corrected chi connectivity index (χ2v) is 6.65. The van der Waals surface area contributed by atoms with Crippen molar-refractivity contribution < 1.29 is 4.79 Å². The van der Waals surface area contributed by atoms with Crippen molar-refractivity contribution in [2.24, 2.45) is 7.05 Å². The van der Waals surface area contributed by atoms with Crippen molar-refractivity contribution in [1.29, 1.82) is 0 Å². The molecule has 1 aromatic heterocycles. The number of fused-ring (bicyclic) bond motifs is 1. The summed E-state index contributed by atoms with van der Waals surface area (Å²) in [5.41, 5.74) is 2.85. The van der Waals surface area contributed by atoms with E-state index in [0.717, 1.165) is 29.7 Å². The van der Waals surface area contributed by atoms with Crippen LogP contribution in [0.25, 0.3) is 0 Å². The van der Waals surface area contributed by atoms with E-state index in [4.69, 9.17) is 11.6 Å². The van der Waals surface area contributed by atoms with Gasteiger partial charge in [0.1, 0.15) is 0 Å². The molecule has 2 aromatic rings. The molecule has 0 aliphatic heterocycles. The molecule has 24 heavy (non-hydrogen) atoms. The van der Waals surface area contributed by atoms with E-state index < -0.39 is 0 Å². The van der Waals surface area contributed by atoms with Crippen molar-refractivity contribution in [2.75, 3.05) is 0 Å². The van der Waals surface area contributed by atoms with E-state index in [2.05, 4.69) is 10.4 Å². The summed E-state index contributed by atoms with van der Waals surface area (Å²) in [6.45, 7) is 0. The molecule has 1 heterocycles. The van der Waals surface area contributed by atoms with Crippen LogP contribution in [0.5, 0.6) is 0 Å². The molecular weight excluding hydrogens is 326 g/mol. The van der Waals surface area contributed by atoms with Crippen LogP contribution < -0.4 is 10.9 Å². The van der Waals surface area contributed by atoms with Crippen LogP contribution in [0.1, 0.15) is 29.7 Å². The van der Waals surface area contributed by atoms with Crippen molar-refractivity contribution in [2.45, 2.75) is 38.1 Å². The molecule has 3 rings (SSSR count). The number of nitrogens with one attached hydrogen (secondary N) is 1. The van der Waals surface area contributed by atoms with Crippen LogP contribution in [0.3, 0.4) is 0 Å². The van der Waals surface area contributed by atoms with Gasteiger partial charge >= 0.3 is 0 Å². The molecule has 0 unspecified atom stereocenters. The standard InChI is InChI=1S/C18H20ClN3O2/c1-22-18(24)11-13-10-15(6-7-16(13)21-22)20-17(23)8-5-12-3-2-4-14(19)9-12/h2-4,9,11,15H,5-8,10H2,1H3,(H,20,23)/t15-/m1/s1. The molecule has 1 amide bonds. The lowest BCUT2D eigenvalue weighted by atomic mass is 9.92. The van der Waals surface area contributed by atoms with Gasteiger partial charge in [0, 0.05) is 30.6 Å². The van der Waals surface area contributed by atoms with Crippen LogP contribution in [-0.4, -0.2) is 21.7 Å². The fraction of sp³-hybridized carbons (Fsp3) is 0.389. The van der Waals surface area contributed by atoms with Crippen LogP contribution in [-0.2, 0) is 31.1 Å². The Balaban J connectivity index is 1.55.